The molecule has 9 heteroatoms. The van der Waals surface area contributed by atoms with Gasteiger partial charge in [0, 0.05) is 11.4 Å². The van der Waals surface area contributed by atoms with Crippen molar-refractivity contribution in [3.8, 4) is 5.69 Å². The number of aryl methyl sites for hydroxylation is 1. The first-order valence-electron chi connectivity index (χ1n) is 10.8. The quantitative estimate of drug-likeness (QED) is 0.382. The van der Waals surface area contributed by atoms with E-state index in [1.807, 2.05) is 18.4 Å². The van der Waals surface area contributed by atoms with Crippen molar-refractivity contribution in [2.75, 3.05) is 0 Å². The van der Waals surface area contributed by atoms with Crippen molar-refractivity contribution < 1.29 is 14.0 Å². The van der Waals surface area contributed by atoms with Crippen LogP contribution in [0.3, 0.4) is 0 Å². The Hall–Kier alpha value is -4.40. The summed E-state index contributed by atoms with van der Waals surface area (Å²) in [7, 11) is 0. The molecular weight excluding hydrogens is 435 g/mol. The third kappa shape index (κ3) is 2.67. The van der Waals surface area contributed by atoms with Gasteiger partial charge in [-0.3, -0.25) is 19.1 Å². The van der Waals surface area contributed by atoms with Gasteiger partial charge in [-0.1, -0.05) is 12.1 Å². The lowest BCUT2D eigenvalue weighted by Gasteiger charge is -2.19. The zero-order valence-corrected chi connectivity index (χ0v) is 18.7. The number of nitrogens with zero attached hydrogens (tertiary/aromatic N) is 6. The summed E-state index contributed by atoms with van der Waals surface area (Å²) in [5.41, 5.74) is 4.70. The Balaban J connectivity index is 1.48. The van der Waals surface area contributed by atoms with Gasteiger partial charge < -0.3 is 0 Å². The van der Waals surface area contributed by atoms with Gasteiger partial charge in [-0.25, -0.2) is 18.9 Å². The highest BCUT2D eigenvalue weighted by Gasteiger charge is 2.40. The first kappa shape index (κ1) is 20.2. The molecule has 6 rings (SSSR count). The summed E-state index contributed by atoms with van der Waals surface area (Å²) in [6, 6.07) is 12.3. The second-order valence-electron chi connectivity index (χ2n) is 8.41. The summed E-state index contributed by atoms with van der Waals surface area (Å²) in [6.45, 7) is 5.68. The number of amides is 2. The molecular formula is C25H19FN6O2. The summed E-state index contributed by atoms with van der Waals surface area (Å²) in [6.07, 6.45) is 1.56. The second-order valence-corrected chi connectivity index (χ2v) is 8.41. The predicted molar refractivity (Wildman–Crippen MR) is 122 cm³/mol. The van der Waals surface area contributed by atoms with Gasteiger partial charge in [0.2, 0.25) is 0 Å². The van der Waals surface area contributed by atoms with Crippen molar-refractivity contribution in [3.63, 3.8) is 0 Å². The molecule has 2 aromatic carbocycles. The smallest absolute Gasteiger partial charge is 0.262 e. The van der Waals surface area contributed by atoms with E-state index in [2.05, 4.69) is 10.1 Å². The summed E-state index contributed by atoms with van der Waals surface area (Å²) in [5.74, 6) is -0.681. The van der Waals surface area contributed by atoms with Gasteiger partial charge >= 0.3 is 0 Å². The number of benzene rings is 2. The predicted octanol–water partition coefficient (Wildman–Crippen LogP) is 4.18. The van der Waals surface area contributed by atoms with Gasteiger partial charge in [0.25, 0.3) is 11.8 Å². The lowest BCUT2D eigenvalue weighted by Crippen LogP contribution is -2.33. The summed E-state index contributed by atoms with van der Waals surface area (Å²) in [5, 5.41) is 5.34. The first-order chi connectivity index (χ1) is 16.4. The number of carbonyl (C=O) groups excluding carboxylic acids is 2. The molecule has 0 aliphatic carbocycles. The number of halogens is 1. The van der Waals surface area contributed by atoms with Crippen LogP contribution in [0, 0.1) is 19.7 Å². The Labute approximate surface area is 193 Å². The number of carbonyl (C=O) groups is 2. The molecule has 1 atom stereocenters. The zero-order valence-electron chi connectivity index (χ0n) is 18.7. The Morgan fingerprint density at radius 2 is 1.56 bits per heavy atom. The van der Waals surface area contributed by atoms with E-state index < -0.39 is 6.04 Å². The van der Waals surface area contributed by atoms with Crippen LogP contribution in [-0.4, -0.2) is 40.9 Å². The van der Waals surface area contributed by atoms with Crippen molar-refractivity contribution in [3.05, 3.63) is 88.9 Å². The van der Waals surface area contributed by atoms with Crippen LogP contribution in [0.2, 0.25) is 0 Å². The van der Waals surface area contributed by atoms with Crippen LogP contribution >= 0.6 is 0 Å². The molecule has 4 heterocycles. The molecule has 0 saturated heterocycles. The molecule has 0 bridgehead atoms. The topological polar surface area (TPSA) is 85.4 Å². The van der Waals surface area contributed by atoms with E-state index in [1.54, 1.807) is 54.2 Å². The maximum absolute atomic E-state index is 13.5. The van der Waals surface area contributed by atoms with Crippen LogP contribution in [0.1, 0.15) is 50.8 Å². The largest absolute Gasteiger partial charge is 0.298 e. The molecule has 2 amide bonds. The maximum atomic E-state index is 13.5. The lowest BCUT2D eigenvalue weighted by atomic mass is 10.1. The molecule has 8 nitrogen and oxygen atoms in total. The minimum Gasteiger partial charge on any atom is -0.298 e. The fourth-order valence-electron chi connectivity index (χ4n) is 4.64. The summed E-state index contributed by atoms with van der Waals surface area (Å²) in [4.78, 5) is 36.4. The van der Waals surface area contributed by atoms with Gasteiger partial charge in [-0.15, -0.1) is 5.10 Å². The number of aromatic nitrogens is 5. The molecule has 168 valence electrons. The molecule has 0 N–H and O–H groups in total. The number of rotatable bonds is 3. The fourth-order valence-corrected chi connectivity index (χ4v) is 4.64. The van der Waals surface area contributed by atoms with Crippen LogP contribution in [0.15, 0.2) is 54.9 Å². The third-order valence-corrected chi connectivity index (χ3v) is 6.52. The van der Waals surface area contributed by atoms with Crippen LogP contribution in [0.5, 0.6) is 0 Å². The van der Waals surface area contributed by atoms with Gasteiger partial charge in [0.15, 0.2) is 17.1 Å². The van der Waals surface area contributed by atoms with Gasteiger partial charge in [-0.2, -0.15) is 0 Å². The molecule has 1 aliphatic rings. The van der Waals surface area contributed by atoms with Gasteiger partial charge in [-0.05, 0) is 62.7 Å². The summed E-state index contributed by atoms with van der Waals surface area (Å²) < 4.78 is 17.0. The fraction of sp³-hybridized carbons (Fsp3) is 0.160. The van der Waals surface area contributed by atoms with Crippen molar-refractivity contribution in [2.24, 2.45) is 0 Å². The highest BCUT2D eigenvalue weighted by molar-refractivity contribution is 6.21. The number of hydrogen-bond donors (Lipinski definition) is 0. The van der Waals surface area contributed by atoms with E-state index in [0.29, 0.717) is 28.2 Å². The standard InChI is InChI=1S/C25H19FN6O2/c1-13-14(2)31(17-10-8-16(26)9-11-17)22-20(13)23-28-21(29-30(23)12-27-22)15(3)32-24(33)18-6-4-5-7-19(18)25(32)34/h4-12,15H,1-3H3/t15-/m0/s1. The third-order valence-electron chi connectivity index (χ3n) is 6.52. The Morgan fingerprint density at radius 1 is 0.912 bits per heavy atom. The molecule has 34 heavy (non-hydrogen) atoms. The molecule has 3 aromatic heterocycles. The van der Waals surface area contributed by atoms with Crippen LogP contribution in [0.4, 0.5) is 4.39 Å². The van der Waals surface area contributed by atoms with Gasteiger partial charge in [0.1, 0.15) is 12.1 Å². The monoisotopic (exact) mass is 454 g/mol. The van der Waals surface area contributed by atoms with Crippen molar-refractivity contribution in [1.82, 2.24) is 29.0 Å². The van der Waals surface area contributed by atoms with Gasteiger partial charge in [0.05, 0.1) is 22.6 Å². The van der Waals surface area contributed by atoms with E-state index >= 15 is 0 Å². The molecule has 0 fully saturated rings. The van der Waals surface area contributed by atoms with Crippen molar-refractivity contribution >= 4 is 28.5 Å². The van der Waals surface area contributed by atoms with E-state index in [9.17, 15) is 14.0 Å². The highest BCUT2D eigenvalue weighted by atomic mass is 19.1. The normalized spacial score (nSPS) is 14.4. The van der Waals surface area contributed by atoms with E-state index in [1.165, 1.54) is 17.0 Å². The van der Waals surface area contributed by atoms with Crippen LogP contribution in [0.25, 0.3) is 22.4 Å². The average molecular weight is 454 g/mol. The van der Waals surface area contributed by atoms with E-state index in [0.717, 1.165) is 22.3 Å². The Morgan fingerprint density at radius 3 is 2.21 bits per heavy atom. The molecule has 0 saturated carbocycles. The summed E-state index contributed by atoms with van der Waals surface area (Å²) >= 11 is 0. The Kier molecular flexibility index (Phi) is 4.19. The number of hydrogen-bond acceptors (Lipinski definition) is 5. The van der Waals surface area contributed by atoms with Crippen molar-refractivity contribution in [2.45, 2.75) is 26.8 Å². The van der Waals surface area contributed by atoms with E-state index in [4.69, 9.17) is 4.98 Å². The number of fused-ring (bicyclic) bond motifs is 4. The molecule has 1 aliphatic heterocycles. The highest BCUT2D eigenvalue weighted by Crippen LogP contribution is 2.33. The van der Waals surface area contributed by atoms with E-state index in [-0.39, 0.29) is 17.6 Å². The first-order valence-corrected chi connectivity index (χ1v) is 10.8. The molecule has 0 spiro atoms. The van der Waals surface area contributed by atoms with Crippen LogP contribution < -0.4 is 0 Å². The minimum atomic E-state index is -0.664. The average Bonchev–Trinajstić information content (AvgIpc) is 3.46. The Bertz CT molecular complexity index is 1620. The zero-order chi connectivity index (χ0) is 23.7. The lowest BCUT2D eigenvalue weighted by molar-refractivity contribution is 0.0589. The van der Waals surface area contributed by atoms with Crippen LogP contribution in [-0.2, 0) is 0 Å². The molecule has 5 aromatic rings. The van der Waals surface area contributed by atoms with Crippen molar-refractivity contribution in [1.29, 1.82) is 0 Å². The maximum Gasteiger partial charge on any atom is 0.262 e. The molecule has 0 radical (unpaired) electrons. The second kappa shape index (κ2) is 7.05. The SMILES string of the molecule is Cc1c(C)n(-c2ccc(F)cc2)c2ncn3nc([C@H](C)N4C(=O)c5ccccc5C4=O)nc3c12. The number of imide groups is 1. The molecule has 0 unspecified atom stereocenters. The minimum absolute atomic E-state index is 0.311.